The van der Waals surface area contributed by atoms with Gasteiger partial charge in [-0.2, -0.15) is 0 Å². The maximum absolute atomic E-state index is 9.15. The van der Waals surface area contributed by atoms with E-state index < -0.39 is 0 Å². The molecule has 3 heteroatoms. The molecule has 0 aliphatic rings. The monoisotopic (exact) mass is 223 g/mol. The molecule has 0 aromatic heterocycles. The summed E-state index contributed by atoms with van der Waals surface area (Å²) in [6, 6.07) is 8.33. The fourth-order valence-electron chi connectivity index (χ4n) is 1.52. The van der Waals surface area contributed by atoms with Crippen LogP contribution in [0, 0.1) is 0 Å². The fourth-order valence-corrected chi connectivity index (χ4v) is 1.52. The summed E-state index contributed by atoms with van der Waals surface area (Å²) < 4.78 is 5.11. The molecule has 0 saturated heterocycles. The molecule has 3 nitrogen and oxygen atoms in total. The topological polar surface area (TPSA) is 41.5 Å². The third kappa shape index (κ3) is 4.21. The number of hydrogen-bond donors (Lipinski definition) is 2. The van der Waals surface area contributed by atoms with Crippen LogP contribution in [0.3, 0.4) is 0 Å². The molecule has 0 bridgehead atoms. The molecule has 2 atom stereocenters. The highest BCUT2D eigenvalue weighted by Crippen LogP contribution is 2.17. The predicted molar refractivity (Wildman–Crippen MR) is 65.7 cm³/mol. The quantitative estimate of drug-likeness (QED) is 0.776. The van der Waals surface area contributed by atoms with Crippen molar-refractivity contribution in [2.45, 2.75) is 32.4 Å². The SMILES string of the molecule is COc1ccc(C(C)NCCC(C)O)cc1. The normalized spacial score (nSPS) is 14.5. The van der Waals surface area contributed by atoms with Crippen LogP contribution in [0.25, 0.3) is 0 Å². The van der Waals surface area contributed by atoms with Gasteiger partial charge in [-0.25, -0.2) is 0 Å². The van der Waals surface area contributed by atoms with E-state index in [0.717, 1.165) is 18.7 Å². The first-order valence-electron chi connectivity index (χ1n) is 5.69. The molecule has 16 heavy (non-hydrogen) atoms. The van der Waals surface area contributed by atoms with Gasteiger partial charge in [-0.15, -0.1) is 0 Å². The van der Waals surface area contributed by atoms with Gasteiger partial charge in [-0.1, -0.05) is 12.1 Å². The first-order chi connectivity index (χ1) is 7.63. The van der Waals surface area contributed by atoms with Crippen molar-refractivity contribution in [3.05, 3.63) is 29.8 Å². The predicted octanol–water partition coefficient (Wildman–Crippen LogP) is 2.12. The first kappa shape index (κ1) is 13.0. The maximum atomic E-state index is 9.15. The number of ether oxygens (including phenoxy) is 1. The molecule has 0 fully saturated rings. The second-order valence-corrected chi connectivity index (χ2v) is 4.09. The maximum Gasteiger partial charge on any atom is 0.118 e. The van der Waals surface area contributed by atoms with Crippen molar-refractivity contribution < 1.29 is 9.84 Å². The number of hydrogen-bond acceptors (Lipinski definition) is 3. The van der Waals surface area contributed by atoms with E-state index in [9.17, 15) is 0 Å². The van der Waals surface area contributed by atoms with Gasteiger partial charge in [0.2, 0.25) is 0 Å². The molecular formula is C13H21NO2. The van der Waals surface area contributed by atoms with Crippen molar-refractivity contribution in [3.63, 3.8) is 0 Å². The van der Waals surface area contributed by atoms with Crippen molar-refractivity contribution in [1.29, 1.82) is 0 Å². The van der Waals surface area contributed by atoms with Gasteiger partial charge in [0, 0.05) is 6.04 Å². The Morgan fingerprint density at radius 1 is 1.25 bits per heavy atom. The van der Waals surface area contributed by atoms with Gasteiger partial charge in [0.25, 0.3) is 0 Å². The van der Waals surface area contributed by atoms with Crippen LogP contribution in [-0.4, -0.2) is 24.9 Å². The third-order valence-electron chi connectivity index (χ3n) is 2.63. The van der Waals surface area contributed by atoms with Crippen LogP contribution in [0.2, 0.25) is 0 Å². The second kappa shape index (κ2) is 6.51. The summed E-state index contributed by atoms with van der Waals surface area (Å²) in [5.41, 5.74) is 1.23. The lowest BCUT2D eigenvalue weighted by molar-refractivity contribution is 0.182. The van der Waals surface area contributed by atoms with Crippen LogP contribution in [0.1, 0.15) is 31.9 Å². The minimum absolute atomic E-state index is 0.240. The number of benzene rings is 1. The van der Waals surface area contributed by atoms with Crippen molar-refractivity contribution in [1.82, 2.24) is 5.32 Å². The van der Waals surface area contributed by atoms with E-state index in [1.165, 1.54) is 5.56 Å². The van der Waals surface area contributed by atoms with E-state index in [-0.39, 0.29) is 6.10 Å². The lowest BCUT2D eigenvalue weighted by atomic mass is 10.1. The number of aliphatic hydroxyl groups is 1. The van der Waals surface area contributed by atoms with Crippen LogP contribution in [0.5, 0.6) is 5.75 Å². The Morgan fingerprint density at radius 2 is 1.88 bits per heavy atom. The summed E-state index contributed by atoms with van der Waals surface area (Å²) in [5.74, 6) is 0.875. The Balaban J connectivity index is 2.43. The van der Waals surface area contributed by atoms with Crippen molar-refractivity contribution in [3.8, 4) is 5.75 Å². The van der Waals surface area contributed by atoms with E-state index in [4.69, 9.17) is 9.84 Å². The zero-order chi connectivity index (χ0) is 12.0. The largest absolute Gasteiger partial charge is 0.497 e. The number of nitrogens with one attached hydrogen (secondary N) is 1. The second-order valence-electron chi connectivity index (χ2n) is 4.09. The summed E-state index contributed by atoms with van der Waals surface area (Å²) in [5, 5.41) is 12.5. The molecule has 0 radical (unpaired) electrons. The third-order valence-corrected chi connectivity index (χ3v) is 2.63. The molecule has 0 aliphatic heterocycles. The highest BCUT2D eigenvalue weighted by Gasteiger charge is 2.05. The zero-order valence-electron chi connectivity index (χ0n) is 10.2. The molecule has 1 rings (SSSR count). The van der Waals surface area contributed by atoms with Gasteiger partial charge in [-0.3, -0.25) is 0 Å². The smallest absolute Gasteiger partial charge is 0.118 e. The van der Waals surface area contributed by atoms with E-state index in [1.807, 2.05) is 12.1 Å². The molecule has 0 heterocycles. The molecule has 0 spiro atoms. The van der Waals surface area contributed by atoms with Crippen LogP contribution >= 0.6 is 0 Å². The van der Waals surface area contributed by atoms with Gasteiger partial charge in [0.15, 0.2) is 0 Å². The molecule has 1 aromatic rings. The van der Waals surface area contributed by atoms with Crippen molar-refractivity contribution in [2.75, 3.05) is 13.7 Å². The van der Waals surface area contributed by atoms with Crippen molar-refractivity contribution in [2.24, 2.45) is 0 Å². The van der Waals surface area contributed by atoms with Crippen LogP contribution in [0.15, 0.2) is 24.3 Å². The summed E-state index contributed by atoms with van der Waals surface area (Å²) >= 11 is 0. The Kier molecular flexibility index (Phi) is 5.29. The zero-order valence-corrected chi connectivity index (χ0v) is 10.2. The lowest BCUT2D eigenvalue weighted by Crippen LogP contribution is -2.22. The highest BCUT2D eigenvalue weighted by molar-refractivity contribution is 5.28. The first-order valence-corrected chi connectivity index (χ1v) is 5.69. The molecule has 2 unspecified atom stereocenters. The number of methoxy groups -OCH3 is 1. The van der Waals surface area contributed by atoms with Gasteiger partial charge >= 0.3 is 0 Å². The highest BCUT2D eigenvalue weighted by atomic mass is 16.5. The Bertz CT molecular complexity index is 295. The summed E-state index contributed by atoms with van der Waals surface area (Å²) in [7, 11) is 1.67. The molecule has 0 amide bonds. The van der Waals surface area contributed by atoms with Gasteiger partial charge in [0.1, 0.15) is 5.75 Å². The van der Waals surface area contributed by atoms with Gasteiger partial charge in [-0.05, 0) is 44.5 Å². The molecule has 1 aromatic carbocycles. The Labute approximate surface area is 97.4 Å². The van der Waals surface area contributed by atoms with Gasteiger partial charge in [0.05, 0.1) is 13.2 Å². The Morgan fingerprint density at radius 3 is 2.38 bits per heavy atom. The molecule has 2 N–H and O–H groups in total. The van der Waals surface area contributed by atoms with Gasteiger partial charge < -0.3 is 15.2 Å². The van der Waals surface area contributed by atoms with E-state index >= 15 is 0 Å². The lowest BCUT2D eigenvalue weighted by Gasteiger charge is -2.15. The summed E-state index contributed by atoms with van der Waals surface area (Å²) in [6.07, 6.45) is 0.538. The van der Waals surface area contributed by atoms with E-state index in [1.54, 1.807) is 14.0 Å². The van der Waals surface area contributed by atoms with Crippen LogP contribution < -0.4 is 10.1 Å². The number of aliphatic hydroxyl groups excluding tert-OH is 1. The van der Waals surface area contributed by atoms with Crippen LogP contribution in [-0.2, 0) is 0 Å². The number of rotatable bonds is 6. The van der Waals surface area contributed by atoms with Crippen molar-refractivity contribution >= 4 is 0 Å². The van der Waals surface area contributed by atoms with E-state index in [2.05, 4.69) is 24.4 Å². The molecule has 90 valence electrons. The minimum Gasteiger partial charge on any atom is -0.497 e. The minimum atomic E-state index is -0.240. The van der Waals surface area contributed by atoms with Crippen LogP contribution in [0.4, 0.5) is 0 Å². The van der Waals surface area contributed by atoms with E-state index in [0.29, 0.717) is 6.04 Å². The average Bonchev–Trinajstić information content (AvgIpc) is 2.28. The average molecular weight is 223 g/mol. The Hall–Kier alpha value is -1.06. The molecule has 0 saturated carbocycles. The summed E-state index contributed by atoms with van der Waals surface area (Å²) in [6.45, 7) is 4.74. The molecular weight excluding hydrogens is 202 g/mol. The standard InChI is InChI=1S/C13H21NO2/c1-10(15)8-9-14-11(2)12-4-6-13(16-3)7-5-12/h4-7,10-11,14-15H,8-9H2,1-3H3. The summed E-state index contributed by atoms with van der Waals surface area (Å²) in [4.78, 5) is 0. The fraction of sp³-hybridized carbons (Fsp3) is 0.538. The molecule has 0 aliphatic carbocycles.